The summed E-state index contributed by atoms with van der Waals surface area (Å²) in [5.41, 5.74) is 2.37. The van der Waals surface area contributed by atoms with Crippen LogP contribution in [0, 0.1) is 5.92 Å². The Bertz CT molecular complexity index is 547. The average Bonchev–Trinajstić information content (AvgIpc) is 3.30. The van der Waals surface area contributed by atoms with Crippen LogP contribution in [0.3, 0.4) is 0 Å². The van der Waals surface area contributed by atoms with Gasteiger partial charge in [0, 0.05) is 20.1 Å². The average molecular weight is 332 g/mol. The van der Waals surface area contributed by atoms with Crippen LogP contribution in [-0.4, -0.2) is 36.7 Å². The Morgan fingerprint density at radius 2 is 2.08 bits per heavy atom. The zero-order valence-corrected chi connectivity index (χ0v) is 15.8. The number of carbonyl (C=O) groups excluding carboxylic acids is 1. The summed E-state index contributed by atoms with van der Waals surface area (Å²) in [5, 5.41) is 3.50. The van der Waals surface area contributed by atoms with Gasteiger partial charge in [0.2, 0.25) is 0 Å². The molecule has 24 heavy (non-hydrogen) atoms. The predicted octanol–water partition coefficient (Wildman–Crippen LogP) is 4.16. The first-order chi connectivity index (χ1) is 11.2. The molecule has 2 rings (SSSR count). The van der Waals surface area contributed by atoms with Crippen LogP contribution in [0.25, 0.3) is 0 Å². The highest BCUT2D eigenvalue weighted by atomic mass is 16.6. The van der Waals surface area contributed by atoms with Crippen LogP contribution in [0.15, 0.2) is 24.3 Å². The van der Waals surface area contributed by atoms with Crippen LogP contribution in [0.1, 0.15) is 57.6 Å². The topological polar surface area (TPSA) is 41.6 Å². The lowest BCUT2D eigenvalue weighted by atomic mass is 10.1. The summed E-state index contributed by atoms with van der Waals surface area (Å²) in [6, 6.07) is 8.89. The van der Waals surface area contributed by atoms with Crippen molar-refractivity contribution in [1.29, 1.82) is 0 Å². The molecule has 1 amide bonds. The van der Waals surface area contributed by atoms with Gasteiger partial charge in [0.15, 0.2) is 0 Å². The molecule has 0 aliphatic heterocycles. The van der Waals surface area contributed by atoms with E-state index in [1.54, 1.807) is 11.9 Å². The molecular formula is C20H32N2O2. The van der Waals surface area contributed by atoms with E-state index >= 15 is 0 Å². The molecule has 1 fully saturated rings. The van der Waals surface area contributed by atoms with Gasteiger partial charge in [0.25, 0.3) is 0 Å². The van der Waals surface area contributed by atoms with Gasteiger partial charge in [-0.2, -0.15) is 0 Å². The van der Waals surface area contributed by atoms with E-state index < -0.39 is 5.60 Å². The lowest BCUT2D eigenvalue weighted by Gasteiger charge is -2.26. The fourth-order valence-corrected chi connectivity index (χ4v) is 2.78. The molecule has 0 spiro atoms. The standard InChI is InChI=1S/C20H32N2O2/c1-15(14-22(5)19(23)24-20(2,3)4)12-21-13-16-7-6-8-18(11-16)17-9-10-17/h6-8,11,15,17,21H,9-10,12-14H2,1-5H3. The number of benzene rings is 1. The van der Waals surface area contributed by atoms with E-state index in [4.69, 9.17) is 4.74 Å². The van der Waals surface area contributed by atoms with Crippen molar-refractivity contribution in [3.8, 4) is 0 Å². The Morgan fingerprint density at radius 1 is 1.38 bits per heavy atom. The van der Waals surface area contributed by atoms with Gasteiger partial charge >= 0.3 is 6.09 Å². The minimum Gasteiger partial charge on any atom is -0.444 e. The molecule has 1 N–H and O–H groups in total. The SMILES string of the molecule is CC(CNCc1cccc(C2CC2)c1)CN(C)C(=O)OC(C)(C)C. The summed E-state index contributed by atoms with van der Waals surface area (Å²) in [4.78, 5) is 13.6. The van der Waals surface area contributed by atoms with Crippen LogP contribution in [-0.2, 0) is 11.3 Å². The Hall–Kier alpha value is -1.55. The van der Waals surface area contributed by atoms with Gasteiger partial charge in [-0.1, -0.05) is 31.2 Å². The molecule has 4 nitrogen and oxygen atoms in total. The van der Waals surface area contributed by atoms with E-state index in [0.29, 0.717) is 12.5 Å². The number of hydrogen-bond acceptors (Lipinski definition) is 3. The second kappa shape index (κ2) is 8.02. The van der Waals surface area contributed by atoms with Crippen molar-refractivity contribution >= 4 is 6.09 Å². The molecule has 4 heteroatoms. The minimum absolute atomic E-state index is 0.258. The Balaban J connectivity index is 1.70. The maximum atomic E-state index is 12.0. The highest BCUT2D eigenvalue weighted by Gasteiger charge is 2.23. The lowest BCUT2D eigenvalue weighted by Crippen LogP contribution is -2.38. The molecule has 0 heterocycles. The van der Waals surface area contributed by atoms with Gasteiger partial charge in [-0.3, -0.25) is 0 Å². The number of nitrogens with one attached hydrogen (secondary N) is 1. The molecule has 1 aromatic rings. The van der Waals surface area contributed by atoms with Crippen LogP contribution in [0.5, 0.6) is 0 Å². The van der Waals surface area contributed by atoms with E-state index in [2.05, 4.69) is 36.5 Å². The Labute approximate surface area is 146 Å². The van der Waals surface area contributed by atoms with Gasteiger partial charge in [0.1, 0.15) is 5.60 Å². The molecule has 0 bridgehead atoms. The second-order valence-corrected chi connectivity index (χ2v) is 8.12. The fraction of sp³-hybridized carbons (Fsp3) is 0.650. The molecule has 0 radical (unpaired) electrons. The van der Waals surface area contributed by atoms with Crippen LogP contribution in [0.4, 0.5) is 4.79 Å². The van der Waals surface area contributed by atoms with Crippen molar-refractivity contribution in [3.05, 3.63) is 35.4 Å². The molecule has 1 atom stereocenters. The van der Waals surface area contributed by atoms with Crippen molar-refractivity contribution in [2.45, 2.75) is 58.6 Å². The number of ether oxygens (including phenoxy) is 1. The van der Waals surface area contributed by atoms with E-state index in [1.165, 1.54) is 24.0 Å². The summed E-state index contributed by atoms with van der Waals surface area (Å²) in [7, 11) is 1.80. The highest BCUT2D eigenvalue weighted by molar-refractivity contribution is 5.67. The summed E-state index contributed by atoms with van der Waals surface area (Å²) in [6.07, 6.45) is 2.42. The molecule has 0 aromatic heterocycles. The smallest absolute Gasteiger partial charge is 0.410 e. The van der Waals surface area contributed by atoms with Gasteiger partial charge in [-0.15, -0.1) is 0 Å². The van der Waals surface area contributed by atoms with E-state index in [-0.39, 0.29) is 6.09 Å². The quantitative estimate of drug-likeness (QED) is 0.815. The first-order valence-electron chi connectivity index (χ1n) is 8.98. The molecule has 1 aromatic carbocycles. The number of carbonyl (C=O) groups is 1. The monoisotopic (exact) mass is 332 g/mol. The summed E-state index contributed by atoms with van der Waals surface area (Å²) in [6.45, 7) is 10.2. The Morgan fingerprint density at radius 3 is 2.71 bits per heavy atom. The van der Waals surface area contributed by atoms with Crippen molar-refractivity contribution in [3.63, 3.8) is 0 Å². The first-order valence-corrected chi connectivity index (χ1v) is 8.98. The van der Waals surface area contributed by atoms with Gasteiger partial charge < -0.3 is 15.0 Å². The third-order valence-corrected chi connectivity index (χ3v) is 4.11. The van der Waals surface area contributed by atoms with E-state index in [1.807, 2.05) is 20.8 Å². The number of rotatable bonds is 7. The van der Waals surface area contributed by atoms with Crippen molar-refractivity contribution in [2.24, 2.45) is 5.92 Å². The normalized spacial score (nSPS) is 15.9. The van der Waals surface area contributed by atoms with Crippen molar-refractivity contribution in [2.75, 3.05) is 20.1 Å². The number of hydrogen-bond donors (Lipinski definition) is 1. The van der Waals surface area contributed by atoms with Crippen molar-refractivity contribution < 1.29 is 9.53 Å². The maximum absolute atomic E-state index is 12.0. The fourth-order valence-electron chi connectivity index (χ4n) is 2.78. The zero-order valence-electron chi connectivity index (χ0n) is 15.8. The predicted molar refractivity (Wildman–Crippen MR) is 98.2 cm³/mol. The third-order valence-electron chi connectivity index (χ3n) is 4.11. The van der Waals surface area contributed by atoms with Crippen LogP contribution < -0.4 is 5.32 Å². The van der Waals surface area contributed by atoms with Gasteiger partial charge in [-0.25, -0.2) is 4.79 Å². The van der Waals surface area contributed by atoms with Crippen LogP contribution in [0.2, 0.25) is 0 Å². The summed E-state index contributed by atoms with van der Waals surface area (Å²) >= 11 is 0. The molecular weight excluding hydrogens is 300 g/mol. The van der Waals surface area contributed by atoms with Gasteiger partial charge in [-0.05, 0) is 63.1 Å². The molecule has 0 saturated heterocycles. The number of nitrogens with zero attached hydrogens (tertiary/aromatic N) is 1. The molecule has 1 saturated carbocycles. The van der Waals surface area contributed by atoms with Gasteiger partial charge in [0.05, 0.1) is 0 Å². The summed E-state index contributed by atoms with van der Waals surface area (Å²) < 4.78 is 5.38. The highest BCUT2D eigenvalue weighted by Crippen LogP contribution is 2.40. The zero-order chi connectivity index (χ0) is 17.7. The summed E-state index contributed by atoms with van der Waals surface area (Å²) in [5.74, 6) is 1.17. The Kier molecular flexibility index (Phi) is 6.27. The minimum atomic E-state index is -0.445. The number of amides is 1. The van der Waals surface area contributed by atoms with Crippen LogP contribution >= 0.6 is 0 Å². The maximum Gasteiger partial charge on any atom is 0.410 e. The van der Waals surface area contributed by atoms with Crippen molar-refractivity contribution in [1.82, 2.24) is 10.2 Å². The molecule has 134 valence electrons. The second-order valence-electron chi connectivity index (χ2n) is 8.12. The van der Waals surface area contributed by atoms with E-state index in [9.17, 15) is 4.79 Å². The third kappa shape index (κ3) is 6.52. The molecule has 1 aliphatic rings. The van der Waals surface area contributed by atoms with E-state index in [0.717, 1.165) is 19.0 Å². The first kappa shape index (κ1) is 18.8. The molecule has 1 unspecified atom stereocenters. The largest absolute Gasteiger partial charge is 0.444 e. The molecule has 1 aliphatic carbocycles. The lowest BCUT2D eigenvalue weighted by molar-refractivity contribution is 0.0277.